The minimum Gasteiger partial charge on any atom is -0.380 e. The summed E-state index contributed by atoms with van der Waals surface area (Å²) in [5.74, 6) is -0.170. The average molecular weight is 297 g/mol. The number of benzene rings is 2. The largest absolute Gasteiger partial charge is 0.380 e. The molecule has 106 valence electrons. The quantitative estimate of drug-likeness (QED) is 0.673. The first-order valence-electron chi connectivity index (χ1n) is 6.85. The van der Waals surface area contributed by atoms with Gasteiger partial charge in [-0.3, -0.25) is 0 Å². The molecule has 0 unspecified atom stereocenters. The zero-order chi connectivity index (χ0) is 14.7. The zero-order valence-electron chi connectivity index (χ0n) is 11.8. The average Bonchev–Trinajstić information content (AvgIpc) is 2.98. The molecule has 0 bridgehead atoms. The van der Waals surface area contributed by atoms with Gasteiger partial charge in [0.15, 0.2) is 0 Å². The number of hydrogen-bond donors (Lipinski definition) is 1. The van der Waals surface area contributed by atoms with Crippen LogP contribution in [0.3, 0.4) is 0 Å². The van der Waals surface area contributed by atoms with Crippen molar-refractivity contribution in [2.75, 3.05) is 5.32 Å². The molecular weight excluding hydrogens is 281 g/mol. The normalized spacial score (nSPS) is 10.6. The first kappa shape index (κ1) is 13.8. The molecule has 1 aromatic heterocycles. The smallest absolute Gasteiger partial charge is 0.128 e. The fraction of sp³-hybridized carbons (Fsp3) is 0.111. The Morgan fingerprint density at radius 1 is 1.00 bits per heavy atom. The van der Waals surface area contributed by atoms with Crippen molar-refractivity contribution in [2.45, 2.75) is 13.5 Å². The molecule has 0 radical (unpaired) electrons. The maximum Gasteiger partial charge on any atom is 0.128 e. The van der Waals surface area contributed by atoms with Crippen LogP contribution in [0.4, 0.5) is 10.1 Å². The van der Waals surface area contributed by atoms with Gasteiger partial charge in [0.1, 0.15) is 5.82 Å². The molecule has 3 rings (SSSR count). The van der Waals surface area contributed by atoms with Crippen LogP contribution in [0, 0.1) is 12.7 Å². The van der Waals surface area contributed by atoms with Crippen LogP contribution in [0.5, 0.6) is 0 Å². The molecule has 1 N–H and O–H groups in total. The van der Waals surface area contributed by atoms with E-state index in [1.807, 2.05) is 24.3 Å². The molecule has 1 nitrogen and oxygen atoms in total. The summed E-state index contributed by atoms with van der Waals surface area (Å²) in [5, 5.41) is 5.42. The topological polar surface area (TPSA) is 12.0 Å². The zero-order valence-corrected chi connectivity index (χ0v) is 12.6. The number of nitrogens with one attached hydrogen (secondary N) is 1. The maximum atomic E-state index is 13.5. The van der Waals surface area contributed by atoms with Crippen molar-refractivity contribution < 1.29 is 4.39 Å². The lowest BCUT2D eigenvalue weighted by Gasteiger charge is -2.06. The minimum absolute atomic E-state index is 0.170. The molecule has 0 aliphatic carbocycles. The fourth-order valence-corrected chi connectivity index (χ4v) is 2.98. The molecule has 0 spiro atoms. The molecule has 0 atom stereocenters. The monoisotopic (exact) mass is 297 g/mol. The van der Waals surface area contributed by atoms with Gasteiger partial charge in [-0.05, 0) is 47.2 Å². The van der Waals surface area contributed by atoms with E-state index in [4.69, 9.17) is 0 Å². The number of aryl methyl sites for hydroxylation is 1. The third kappa shape index (κ3) is 3.31. The molecule has 21 heavy (non-hydrogen) atoms. The Bertz CT molecular complexity index is 734. The summed E-state index contributed by atoms with van der Waals surface area (Å²) < 4.78 is 13.5. The summed E-state index contributed by atoms with van der Waals surface area (Å²) in [7, 11) is 0. The minimum atomic E-state index is -0.170. The third-order valence-corrected chi connectivity index (χ3v) is 4.34. The van der Waals surface area contributed by atoms with Gasteiger partial charge in [-0.25, -0.2) is 4.39 Å². The number of hydrogen-bond acceptors (Lipinski definition) is 2. The van der Waals surface area contributed by atoms with E-state index in [9.17, 15) is 4.39 Å². The Hall–Kier alpha value is -2.13. The summed E-state index contributed by atoms with van der Waals surface area (Å²) >= 11 is 1.71. The van der Waals surface area contributed by atoms with E-state index in [1.54, 1.807) is 30.4 Å². The maximum absolute atomic E-state index is 13.5. The van der Waals surface area contributed by atoms with Crippen LogP contribution in [-0.2, 0) is 6.54 Å². The van der Waals surface area contributed by atoms with Crippen molar-refractivity contribution in [3.8, 4) is 11.1 Å². The van der Waals surface area contributed by atoms with E-state index in [-0.39, 0.29) is 5.82 Å². The highest BCUT2D eigenvalue weighted by Crippen LogP contribution is 2.26. The standard InChI is InChI=1S/C18H16FNS/c1-13-7-8-16(10-18(13)19)20-11-17-9-15(12-21-17)14-5-3-2-4-6-14/h2-10,12,20H,11H2,1H3. The van der Waals surface area contributed by atoms with Crippen LogP contribution >= 0.6 is 11.3 Å². The molecule has 3 heteroatoms. The number of halogens is 1. The third-order valence-electron chi connectivity index (χ3n) is 3.40. The van der Waals surface area contributed by atoms with E-state index in [0.717, 1.165) is 5.69 Å². The Morgan fingerprint density at radius 3 is 2.57 bits per heavy atom. The summed E-state index contributed by atoms with van der Waals surface area (Å²) in [6.45, 7) is 2.48. The Morgan fingerprint density at radius 2 is 1.81 bits per heavy atom. The second-order valence-corrected chi connectivity index (χ2v) is 5.98. The lowest BCUT2D eigenvalue weighted by atomic mass is 10.1. The molecule has 0 fully saturated rings. The van der Waals surface area contributed by atoms with Crippen molar-refractivity contribution in [1.29, 1.82) is 0 Å². The predicted molar refractivity (Wildman–Crippen MR) is 88.2 cm³/mol. The number of rotatable bonds is 4. The summed E-state index contributed by atoms with van der Waals surface area (Å²) in [5.41, 5.74) is 3.93. The molecule has 0 aliphatic heterocycles. The molecule has 1 heterocycles. The molecule has 0 saturated heterocycles. The van der Waals surface area contributed by atoms with Crippen molar-refractivity contribution in [2.24, 2.45) is 0 Å². The SMILES string of the molecule is Cc1ccc(NCc2cc(-c3ccccc3)cs2)cc1F. The highest BCUT2D eigenvalue weighted by molar-refractivity contribution is 7.10. The summed E-state index contributed by atoms with van der Waals surface area (Å²) in [6, 6.07) is 17.7. The van der Waals surface area contributed by atoms with Crippen LogP contribution < -0.4 is 5.32 Å². The van der Waals surface area contributed by atoms with Gasteiger partial charge in [0.05, 0.1) is 0 Å². The number of anilines is 1. The van der Waals surface area contributed by atoms with E-state index in [2.05, 4.69) is 28.9 Å². The molecule has 2 aromatic carbocycles. The van der Waals surface area contributed by atoms with Crippen molar-refractivity contribution in [3.05, 3.63) is 76.2 Å². The molecule has 0 amide bonds. The van der Waals surface area contributed by atoms with Crippen LogP contribution in [0.25, 0.3) is 11.1 Å². The highest BCUT2D eigenvalue weighted by atomic mass is 32.1. The van der Waals surface area contributed by atoms with Gasteiger partial charge in [0.25, 0.3) is 0 Å². The van der Waals surface area contributed by atoms with Gasteiger partial charge in [-0.2, -0.15) is 0 Å². The van der Waals surface area contributed by atoms with Crippen LogP contribution in [0.1, 0.15) is 10.4 Å². The van der Waals surface area contributed by atoms with Gasteiger partial charge in [-0.1, -0.05) is 36.4 Å². The Labute approximate surface area is 128 Å². The summed E-state index contributed by atoms with van der Waals surface area (Å²) in [4.78, 5) is 1.23. The lowest BCUT2D eigenvalue weighted by Crippen LogP contribution is -1.98. The molecule has 0 saturated carbocycles. The van der Waals surface area contributed by atoms with Crippen LogP contribution in [-0.4, -0.2) is 0 Å². The molecular formula is C18H16FNS. The lowest BCUT2D eigenvalue weighted by molar-refractivity contribution is 0.619. The second kappa shape index (κ2) is 6.10. The van der Waals surface area contributed by atoms with E-state index in [1.165, 1.54) is 16.0 Å². The van der Waals surface area contributed by atoms with E-state index < -0.39 is 0 Å². The molecule has 0 aliphatic rings. The first-order valence-corrected chi connectivity index (χ1v) is 7.73. The first-order chi connectivity index (χ1) is 10.2. The molecule has 3 aromatic rings. The van der Waals surface area contributed by atoms with Crippen molar-refractivity contribution in [1.82, 2.24) is 0 Å². The Balaban J connectivity index is 1.69. The van der Waals surface area contributed by atoms with Crippen molar-refractivity contribution >= 4 is 17.0 Å². The van der Waals surface area contributed by atoms with E-state index >= 15 is 0 Å². The second-order valence-electron chi connectivity index (χ2n) is 4.99. The van der Waals surface area contributed by atoms with Crippen LogP contribution in [0.15, 0.2) is 60.0 Å². The van der Waals surface area contributed by atoms with Crippen molar-refractivity contribution in [3.63, 3.8) is 0 Å². The van der Waals surface area contributed by atoms with E-state index in [0.29, 0.717) is 12.1 Å². The van der Waals surface area contributed by atoms with Crippen LogP contribution in [0.2, 0.25) is 0 Å². The predicted octanol–water partition coefficient (Wildman–Crippen LogP) is 5.47. The van der Waals surface area contributed by atoms with Gasteiger partial charge in [0, 0.05) is 17.1 Å². The highest BCUT2D eigenvalue weighted by Gasteiger charge is 2.03. The van der Waals surface area contributed by atoms with Gasteiger partial charge < -0.3 is 5.32 Å². The Kier molecular flexibility index (Phi) is 4.02. The van der Waals surface area contributed by atoms with Gasteiger partial charge >= 0.3 is 0 Å². The number of thiophene rings is 1. The summed E-state index contributed by atoms with van der Waals surface area (Å²) in [6.07, 6.45) is 0. The van der Waals surface area contributed by atoms with Gasteiger partial charge in [0.2, 0.25) is 0 Å². The van der Waals surface area contributed by atoms with Gasteiger partial charge in [-0.15, -0.1) is 11.3 Å². The fourth-order valence-electron chi connectivity index (χ4n) is 2.15.